The summed E-state index contributed by atoms with van der Waals surface area (Å²) >= 11 is 0. The highest BCUT2D eigenvalue weighted by molar-refractivity contribution is 7.92. The van der Waals surface area contributed by atoms with Crippen molar-refractivity contribution >= 4 is 66.2 Å². The molecule has 10 rings (SSSR count). The third-order valence-corrected chi connectivity index (χ3v) is 15.8. The van der Waals surface area contributed by atoms with Gasteiger partial charge >= 0.3 is 5.97 Å². The highest BCUT2D eigenvalue weighted by atomic mass is 32.2. The zero-order chi connectivity index (χ0) is 53.8. The second-order valence-electron chi connectivity index (χ2n) is 20.7. The maximum Gasteiger partial charge on any atom is 0.337 e. The van der Waals surface area contributed by atoms with Gasteiger partial charge in [0.1, 0.15) is 11.6 Å². The van der Waals surface area contributed by atoms with Gasteiger partial charge in [0.15, 0.2) is 11.3 Å². The molecule has 4 fully saturated rings. The van der Waals surface area contributed by atoms with Crippen molar-refractivity contribution in [1.82, 2.24) is 39.4 Å². The fourth-order valence-electron chi connectivity index (χ4n) is 10.7. The molecule has 4 aliphatic heterocycles. The van der Waals surface area contributed by atoms with Gasteiger partial charge in [-0.3, -0.25) is 14.2 Å². The van der Waals surface area contributed by atoms with Crippen LogP contribution in [0.1, 0.15) is 162 Å². The lowest BCUT2D eigenvalue weighted by atomic mass is 9.97. The van der Waals surface area contributed by atoms with E-state index in [-0.39, 0.29) is 30.6 Å². The molecule has 412 valence electrons. The number of likely N-dealkylation sites (tertiary alicyclic amines) is 1. The number of sulfonamides is 2. The van der Waals surface area contributed by atoms with Crippen LogP contribution in [0.4, 0.5) is 23.0 Å². The van der Waals surface area contributed by atoms with Crippen molar-refractivity contribution in [3.63, 3.8) is 0 Å². The predicted octanol–water partition coefficient (Wildman–Crippen LogP) is 9.24. The molecule has 4 aromatic heterocycles. The molecule has 0 unspecified atom stereocenters. The summed E-state index contributed by atoms with van der Waals surface area (Å²) in [4.78, 5) is 41.1. The van der Waals surface area contributed by atoms with E-state index in [0.29, 0.717) is 23.8 Å². The summed E-state index contributed by atoms with van der Waals surface area (Å²) < 4.78 is 54.6. The average molecular weight is 1080 g/mol. The molecule has 0 bridgehead atoms. The summed E-state index contributed by atoms with van der Waals surface area (Å²) in [6.45, 7) is 18.1. The van der Waals surface area contributed by atoms with E-state index in [1.165, 1.54) is 81.3 Å². The number of carbonyl (C=O) groups is 2. The molecular weight excluding hydrogens is 1000 g/mol. The number of fused-ring (bicyclic) bond motifs is 2. The van der Waals surface area contributed by atoms with E-state index >= 15 is 0 Å². The third-order valence-electron chi connectivity index (χ3n) is 14.6. The number of hydrogen-bond donors (Lipinski definition) is 4. The Hall–Kier alpha value is -6.32. The van der Waals surface area contributed by atoms with Crippen molar-refractivity contribution in [2.75, 3.05) is 71.0 Å². The summed E-state index contributed by atoms with van der Waals surface area (Å²) in [5.41, 5.74) is 10.6. The summed E-state index contributed by atoms with van der Waals surface area (Å²) in [6.07, 6.45) is 16.0. The lowest BCUT2D eigenvalue weighted by Crippen LogP contribution is -2.39. The molecule has 21 heteroatoms. The summed E-state index contributed by atoms with van der Waals surface area (Å²) in [5.74, 6) is 1.01. The molecule has 4 saturated heterocycles. The molecule has 4 aliphatic rings. The van der Waals surface area contributed by atoms with E-state index in [1.54, 1.807) is 31.2 Å². The molecule has 0 aliphatic carbocycles. The number of carboxylic acids is 1. The Labute approximate surface area is 449 Å². The first kappa shape index (κ1) is 57.4. The molecule has 19 nitrogen and oxygen atoms in total. The smallest absolute Gasteiger partial charge is 0.337 e. The first-order valence-corrected chi connectivity index (χ1v) is 30.1. The van der Waals surface area contributed by atoms with Crippen molar-refractivity contribution in [3.8, 4) is 0 Å². The van der Waals surface area contributed by atoms with E-state index in [0.717, 1.165) is 121 Å². The first-order chi connectivity index (χ1) is 35.7. The standard InChI is InChI=1S/C27H36N6O3S.C18H27N5.C9H11NO4S.CH4/c1-18-11-12-22(30-37(4,35)36)21(16-18)27(34)32-15-9-6-10-24(32)23-17-25-28-20(3)19(2)26(33(25)29-23)31-13-7-5-8-14-31;1-13-14(2)20-17-12-16(15-8-4-5-9-19-15)21-23(17)18(13)22-10-6-3-7-11-22;1-6-3-4-8(10-15(2,13)14)7(5-6)9(11)12;/h11-12,16-17,24,30H,5-10,13-15H2,1-4H3;12,15,19H,3-11H2,1-2H3;3-5,10H,1-2H3,(H,11,12);1H4/t24-;15-;;/m00../s1. The minimum absolute atomic E-state index is 0. The maximum absolute atomic E-state index is 13.9. The molecule has 0 radical (unpaired) electrons. The highest BCUT2D eigenvalue weighted by Gasteiger charge is 2.33. The Morgan fingerprint density at radius 2 is 1.05 bits per heavy atom. The van der Waals surface area contributed by atoms with Crippen LogP contribution in [-0.2, 0) is 20.0 Å². The molecular formula is C55H78N12O7S2. The number of aromatic carboxylic acids is 1. The SMILES string of the molecule is C.Cc1ccc(NS(C)(=O)=O)c(C(=O)N2CCCC[C@H]2c2cc3nc(C)c(C)c(N4CCCCC4)n3n2)c1.Cc1ccc(NS(C)(=O)=O)c(C(=O)O)c1.Cc1nc2cc([C@@H]3CCCCN3)nn2c(N2CCCCC2)c1C. The van der Waals surface area contributed by atoms with Gasteiger partial charge < -0.3 is 25.1 Å². The number of piperidine rings is 4. The molecule has 2 atom stereocenters. The van der Waals surface area contributed by atoms with Crippen molar-refractivity contribution < 1.29 is 31.5 Å². The Bertz CT molecular complexity index is 3280. The highest BCUT2D eigenvalue weighted by Crippen LogP contribution is 2.36. The number of nitrogens with one attached hydrogen (secondary N) is 3. The van der Waals surface area contributed by atoms with Gasteiger partial charge in [-0.1, -0.05) is 37.1 Å². The Kier molecular flexibility index (Phi) is 18.4. The van der Waals surface area contributed by atoms with E-state index in [1.807, 2.05) is 29.3 Å². The van der Waals surface area contributed by atoms with E-state index < -0.39 is 26.0 Å². The monoisotopic (exact) mass is 1080 g/mol. The number of aryl methyl sites for hydroxylation is 4. The number of benzene rings is 2. The normalized spacial score (nSPS) is 18.2. The third kappa shape index (κ3) is 13.6. The van der Waals surface area contributed by atoms with E-state index in [9.17, 15) is 26.4 Å². The minimum Gasteiger partial charge on any atom is -0.478 e. The van der Waals surface area contributed by atoms with Crippen molar-refractivity contribution in [2.45, 2.75) is 138 Å². The lowest BCUT2D eigenvalue weighted by molar-refractivity contribution is 0.0606. The lowest BCUT2D eigenvalue weighted by Gasteiger charge is -2.35. The molecule has 6 aromatic rings. The van der Waals surface area contributed by atoms with Crippen LogP contribution in [0.25, 0.3) is 11.3 Å². The van der Waals surface area contributed by atoms with Crippen LogP contribution in [0.2, 0.25) is 0 Å². The number of aromatic nitrogens is 6. The second-order valence-corrected chi connectivity index (χ2v) is 24.2. The first-order valence-electron chi connectivity index (χ1n) is 26.3. The number of carboxylic acid groups (broad SMARTS) is 1. The quantitative estimate of drug-likeness (QED) is 0.100. The number of nitrogens with zero attached hydrogens (tertiary/aromatic N) is 9. The van der Waals surface area contributed by atoms with Crippen molar-refractivity contribution in [1.29, 1.82) is 0 Å². The molecule has 4 N–H and O–H groups in total. The summed E-state index contributed by atoms with van der Waals surface area (Å²) in [6, 6.07) is 14.1. The molecule has 0 saturated carbocycles. The van der Waals surface area contributed by atoms with Gasteiger partial charge in [0.2, 0.25) is 20.0 Å². The molecule has 76 heavy (non-hydrogen) atoms. The number of carbonyl (C=O) groups excluding carboxylic acids is 1. The van der Waals surface area contributed by atoms with Crippen LogP contribution in [0, 0.1) is 41.5 Å². The number of rotatable bonds is 10. The Morgan fingerprint density at radius 1 is 0.592 bits per heavy atom. The molecule has 8 heterocycles. The van der Waals surface area contributed by atoms with Gasteiger partial charge in [-0.15, -0.1) is 0 Å². The van der Waals surface area contributed by atoms with Crippen LogP contribution >= 0.6 is 0 Å². The van der Waals surface area contributed by atoms with Crippen molar-refractivity contribution in [3.05, 3.63) is 105 Å². The van der Waals surface area contributed by atoms with Gasteiger partial charge in [0, 0.05) is 67.4 Å². The Balaban J connectivity index is 0.000000183. The number of amides is 1. The van der Waals surface area contributed by atoms with Gasteiger partial charge in [-0.05, 0) is 143 Å². The zero-order valence-electron chi connectivity index (χ0n) is 44.7. The number of anilines is 4. The van der Waals surface area contributed by atoms with Crippen LogP contribution in [-0.4, -0.2) is 120 Å². The average Bonchev–Trinajstić information content (AvgIpc) is 4.01. The fourth-order valence-corrected chi connectivity index (χ4v) is 11.8. The molecule has 2 aromatic carbocycles. The second kappa shape index (κ2) is 24.3. The van der Waals surface area contributed by atoms with E-state index in [4.69, 9.17) is 25.3 Å². The topological polar surface area (TPSA) is 229 Å². The summed E-state index contributed by atoms with van der Waals surface area (Å²) in [7, 11) is -6.99. The van der Waals surface area contributed by atoms with Crippen LogP contribution in [0.5, 0.6) is 0 Å². The summed E-state index contributed by atoms with van der Waals surface area (Å²) in [5, 5.41) is 22.5. The van der Waals surface area contributed by atoms with Gasteiger partial charge in [-0.25, -0.2) is 31.6 Å². The molecule has 0 spiro atoms. The predicted molar refractivity (Wildman–Crippen MR) is 302 cm³/mol. The van der Waals surface area contributed by atoms with Crippen LogP contribution in [0.15, 0.2) is 48.5 Å². The van der Waals surface area contributed by atoms with Crippen LogP contribution < -0.4 is 24.6 Å². The fraction of sp³-hybridized carbons (Fsp3) is 0.527. The van der Waals surface area contributed by atoms with Crippen LogP contribution in [0.3, 0.4) is 0 Å². The van der Waals surface area contributed by atoms with Gasteiger partial charge in [-0.2, -0.15) is 19.2 Å². The zero-order valence-corrected chi connectivity index (χ0v) is 46.4. The van der Waals surface area contributed by atoms with Gasteiger partial charge in [0.05, 0.1) is 58.5 Å². The Morgan fingerprint density at radius 3 is 1.54 bits per heavy atom. The minimum atomic E-state index is -3.53. The maximum atomic E-state index is 13.9. The number of hydrogen-bond acceptors (Lipinski definition) is 13. The largest absolute Gasteiger partial charge is 0.478 e. The van der Waals surface area contributed by atoms with Gasteiger partial charge in [0.25, 0.3) is 5.91 Å². The molecule has 1 amide bonds. The van der Waals surface area contributed by atoms with Crippen molar-refractivity contribution in [2.24, 2.45) is 0 Å². The van der Waals surface area contributed by atoms with E-state index in [2.05, 4.69) is 55.9 Å².